The number of pyridine rings is 1. The molecular formula is C23H25N3O3. The molecule has 4 rings (SSSR count). The van der Waals surface area contributed by atoms with E-state index < -0.39 is 0 Å². The number of amides is 1. The second-order valence-electron chi connectivity index (χ2n) is 7.32. The molecule has 1 fully saturated rings. The van der Waals surface area contributed by atoms with Gasteiger partial charge in [0.1, 0.15) is 0 Å². The maximum atomic E-state index is 13.0. The van der Waals surface area contributed by atoms with Crippen molar-refractivity contribution in [3.05, 3.63) is 90.1 Å². The van der Waals surface area contributed by atoms with E-state index in [0.29, 0.717) is 39.3 Å². The topological polar surface area (TPSA) is 58.8 Å². The van der Waals surface area contributed by atoms with Crippen LogP contribution in [0.1, 0.15) is 16.8 Å². The molecule has 150 valence electrons. The summed E-state index contributed by atoms with van der Waals surface area (Å²) < 4.78 is 11.4. The Balaban J connectivity index is 1.47. The van der Waals surface area contributed by atoms with Gasteiger partial charge in [-0.15, -0.1) is 0 Å². The minimum absolute atomic E-state index is 0.0981. The van der Waals surface area contributed by atoms with E-state index >= 15 is 0 Å². The van der Waals surface area contributed by atoms with Crippen molar-refractivity contribution >= 4 is 5.91 Å². The van der Waals surface area contributed by atoms with E-state index in [1.165, 1.54) is 0 Å². The maximum Gasteiger partial charge on any atom is 0.237 e. The first-order chi connectivity index (χ1) is 14.3. The molecule has 1 aromatic carbocycles. The Kier molecular flexibility index (Phi) is 6.34. The first kappa shape index (κ1) is 19.4. The molecule has 29 heavy (non-hydrogen) atoms. The van der Waals surface area contributed by atoms with Crippen LogP contribution in [0.3, 0.4) is 0 Å². The third kappa shape index (κ3) is 5.53. The van der Waals surface area contributed by atoms with Gasteiger partial charge in [0.15, 0.2) is 0 Å². The van der Waals surface area contributed by atoms with Gasteiger partial charge in [-0.25, -0.2) is 0 Å². The second-order valence-corrected chi connectivity index (χ2v) is 7.32. The van der Waals surface area contributed by atoms with Crippen LogP contribution in [0.15, 0.2) is 77.7 Å². The molecule has 1 unspecified atom stereocenters. The van der Waals surface area contributed by atoms with Crippen LogP contribution >= 0.6 is 0 Å². The molecule has 0 saturated carbocycles. The van der Waals surface area contributed by atoms with Crippen LogP contribution in [0.5, 0.6) is 0 Å². The minimum atomic E-state index is -0.0981. The van der Waals surface area contributed by atoms with E-state index in [4.69, 9.17) is 9.15 Å². The van der Waals surface area contributed by atoms with E-state index in [9.17, 15) is 4.79 Å². The summed E-state index contributed by atoms with van der Waals surface area (Å²) in [6.07, 6.45) is 5.05. The highest BCUT2D eigenvalue weighted by molar-refractivity contribution is 5.78. The van der Waals surface area contributed by atoms with Crippen molar-refractivity contribution in [1.82, 2.24) is 14.8 Å². The SMILES string of the molecule is O=C1CN(Cc2ccoc2)CC(OCc2ccccn2)CN1Cc1ccccc1. The number of furan rings is 1. The van der Waals surface area contributed by atoms with Crippen molar-refractivity contribution in [1.29, 1.82) is 0 Å². The molecule has 2 aromatic heterocycles. The Morgan fingerprint density at radius 2 is 1.86 bits per heavy atom. The molecule has 0 N–H and O–H groups in total. The Labute approximate surface area is 170 Å². The molecule has 1 aliphatic rings. The first-order valence-corrected chi connectivity index (χ1v) is 9.83. The van der Waals surface area contributed by atoms with Crippen molar-refractivity contribution in [2.75, 3.05) is 19.6 Å². The van der Waals surface area contributed by atoms with Gasteiger partial charge in [-0.1, -0.05) is 36.4 Å². The highest BCUT2D eigenvalue weighted by Gasteiger charge is 2.28. The lowest BCUT2D eigenvalue weighted by atomic mass is 10.2. The number of hydrogen-bond donors (Lipinski definition) is 0. The number of carbonyl (C=O) groups excluding carboxylic acids is 1. The fourth-order valence-corrected chi connectivity index (χ4v) is 3.56. The van der Waals surface area contributed by atoms with Gasteiger partial charge in [0.05, 0.1) is 37.5 Å². The molecule has 6 heteroatoms. The van der Waals surface area contributed by atoms with Gasteiger partial charge < -0.3 is 14.1 Å². The monoisotopic (exact) mass is 391 g/mol. The minimum Gasteiger partial charge on any atom is -0.472 e. The zero-order valence-corrected chi connectivity index (χ0v) is 16.3. The number of aromatic nitrogens is 1. The Bertz CT molecular complexity index is 884. The molecular weight excluding hydrogens is 366 g/mol. The van der Waals surface area contributed by atoms with E-state index in [1.54, 1.807) is 18.7 Å². The average Bonchev–Trinajstić information content (AvgIpc) is 3.20. The van der Waals surface area contributed by atoms with E-state index in [2.05, 4.69) is 9.88 Å². The second kappa shape index (κ2) is 9.49. The Morgan fingerprint density at radius 3 is 2.62 bits per heavy atom. The Hall–Kier alpha value is -2.96. The molecule has 1 amide bonds. The standard InChI is InChI=1S/C23H25N3O3/c27-23-16-25(12-20-9-11-28-17-20)14-22(29-18-21-8-4-5-10-24-21)15-26(23)13-19-6-2-1-3-7-19/h1-11,17,22H,12-16,18H2. The van der Waals surface area contributed by atoms with Gasteiger partial charge in [0.25, 0.3) is 0 Å². The summed E-state index contributed by atoms with van der Waals surface area (Å²) in [5.41, 5.74) is 3.06. The Morgan fingerprint density at radius 1 is 1.00 bits per heavy atom. The zero-order valence-electron chi connectivity index (χ0n) is 16.3. The summed E-state index contributed by atoms with van der Waals surface area (Å²) in [7, 11) is 0. The number of rotatable bonds is 7. The van der Waals surface area contributed by atoms with Crippen LogP contribution in [-0.4, -0.2) is 46.4 Å². The molecule has 1 aliphatic heterocycles. The van der Waals surface area contributed by atoms with Crippen LogP contribution in [0.25, 0.3) is 0 Å². The lowest BCUT2D eigenvalue weighted by molar-refractivity contribution is -0.132. The van der Waals surface area contributed by atoms with Crippen LogP contribution < -0.4 is 0 Å². The fourth-order valence-electron chi connectivity index (χ4n) is 3.56. The molecule has 0 bridgehead atoms. The normalized spacial score (nSPS) is 18.0. The van der Waals surface area contributed by atoms with E-state index in [0.717, 1.165) is 16.8 Å². The van der Waals surface area contributed by atoms with Gasteiger partial charge in [-0.05, 0) is 23.8 Å². The highest BCUT2D eigenvalue weighted by atomic mass is 16.5. The first-order valence-electron chi connectivity index (χ1n) is 9.83. The molecule has 6 nitrogen and oxygen atoms in total. The van der Waals surface area contributed by atoms with Crippen LogP contribution in [0, 0.1) is 0 Å². The molecule has 1 saturated heterocycles. The number of carbonyl (C=O) groups is 1. The number of benzene rings is 1. The van der Waals surface area contributed by atoms with Crippen LogP contribution in [-0.2, 0) is 29.2 Å². The third-order valence-corrected chi connectivity index (χ3v) is 4.99. The quantitative estimate of drug-likeness (QED) is 0.619. The lowest BCUT2D eigenvalue weighted by Gasteiger charge is -2.25. The average molecular weight is 391 g/mol. The van der Waals surface area contributed by atoms with Gasteiger partial charge in [-0.3, -0.25) is 14.7 Å². The summed E-state index contributed by atoms with van der Waals surface area (Å²) in [5, 5.41) is 0. The fraction of sp³-hybridized carbons (Fsp3) is 0.304. The summed E-state index contributed by atoms with van der Waals surface area (Å²) in [6, 6.07) is 17.8. The third-order valence-electron chi connectivity index (χ3n) is 4.99. The van der Waals surface area contributed by atoms with Crippen molar-refractivity contribution in [3.8, 4) is 0 Å². The molecule has 3 heterocycles. The van der Waals surface area contributed by atoms with E-state index in [-0.39, 0.29) is 12.0 Å². The van der Waals surface area contributed by atoms with Gasteiger partial charge in [0.2, 0.25) is 5.91 Å². The predicted molar refractivity (Wildman–Crippen MR) is 109 cm³/mol. The zero-order chi connectivity index (χ0) is 19.9. The van der Waals surface area contributed by atoms with E-state index in [1.807, 2.05) is 59.5 Å². The molecule has 1 atom stereocenters. The number of ether oxygens (including phenoxy) is 1. The summed E-state index contributed by atoms with van der Waals surface area (Å²) in [5.74, 6) is 0.112. The maximum absolute atomic E-state index is 13.0. The summed E-state index contributed by atoms with van der Waals surface area (Å²) in [4.78, 5) is 21.3. The summed E-state index contributed by atoms with van der Waals surface area (Å²) >= 11 is 0. The summed E-state index contributed by atoms with van der Waals surface area (Å²) in [6.45, 7) is 3.27. The van der Waals surface area contributed by atoms with Gasteiger partial charge in [-0.2, -0.15) is 0 Å². The molecule has 0 radical (unpaired) electrons. The van der Waals surface area contributed by atoms with Gasteiger partial charge in [0, 0.05) is 37.9 Å². The highest BCUT2D eigenvalue weighted by Crippen LogP contribution is 2.16. The number of hydrogen-bond acceptors (Lipinski definition) is 5. The lowest BCUT2D eigenvalue weighted by Crippen LogP contribution is -2.37. The number of nitrogens with zero attached hydrogens (tertiary/aromatic N) is 3. The molecule has 0 aliphatic carbocycles. The van der Waals surface area contributed by atoms with Crippen molar-refractivity contribution in [3.63, 3.8) is 0 Å². The van der Waals surface area contributed by atoms with Crippen molar-refractivity contribution in [2.45, 2.75) is 25.8 Å². The van der Waals surface area contributed by atoms with Crippen molar-refractivity contribution < 1.29 is 13.9 Å². The molecule has 0 spiro atoms. The smallest absolute Gasteiger partial charge is 0.237 e. The molecule has 3 aromatic rings. The largest absolute Gasteiger partial charge is 0.472 e. The predicted octanol–water partition coefficient (Wildman–Crippen LogP) is 3.10. The van der Waals surface area contributed by atoms with Gasteiger partial charge >= 0.3 is 0 Å². The van der Waals surface area contributed by atoms with Crippen LogP contribution in [0.2, 0.25) is 0 Å². The van der Waals surface area contributed by atoms with Crippen molar-refractivity contribution in [2.24, 2.45) is 0 Å². The van der Waals surface area contributed by atoms with Crippen LogP contribution in [0.4, 0.5) is 0 Å².